The Balaban J connectivity index is 2.02. The number of Topliss-reactive ketones (excluding diaryl/α,β-unsaturated/α-hetero) is 1. The lowest BCUT2D eigenvalue weighted by molar-refractivity contribution is -0.154. The van der Waals surface area contributed by atoms with Crippen molar-refractivity contribution >= 4 is 58.3 Å². The van der Waals surface area contributed by atoms with Crippen molar-refractivity contribution in [1.82, 2.24) is 10.0 Å². The first-order valence-electron chi connectivity index (χ1n) is 8.64. The van der Waals surface area contributed by atoms with Gasteiger partial charge in [-0.25, -0.2) is 5.01 Å². The summed E-state index contributed by atoms with van der Waals surface area (Å²) in [4.78, 5) is 50.9. The highest BCUT2D eigenvalue weighted by Crippen LogP contribution is 2.26. The molecule has 0 spiro atoms. The molecule has 0 N–H and O–H groups in total. The van der Waals surface area contributed by atoms with Gasteiger partial charge in [0.05, 0.1) is 10.0 Å². The molecule has 29 heavy (non-hydrogen) atoms. The van der Waals surface area contributed by atoms with Crippen LogP contribution in [0.4, 0.5) is 0 Å². The number of imide groups is 1. The van der Waals surface area contributed by atoms with Gasteiger partial charge < -0.3 is 0 Å². The van der Waals surface area contributed by atoms with Crippen LogP contribution in [0.1, 0.15) is 40.5 Å². The van der Waals surface area contributed by atoms with Crippen LogP contribution in [0.25, 0.3) is 0 Å². The predicted octanol–water partition coefficient (Wildman–Crippen LogP) is 4.42. The molecule has 0 bridgehead atoms. The Morgan fingerprint density at radius 3 is 2.00 bits per heavy atom. The number of carbonyl (C=O) groups excluding carboxylic acids is 4. The van der Waals surface area contributed by atoms with Crippen molar-refractivity contribution in [3.8, 4) is 0 Å². The molecule has 0 aliphatic carbocycles. The van der Waals surface area contributed by atoms with Gasteiger partial charge in [0, 0.05) is 29.0 Å². The van der Waals surface area contributed by atoms with Gasteiger partial charge in [-0.05, 0) is 49.4 Å². The van der Waals surface area contributed by atoms with E-state index in [1.54, 1.807) is 12.1 Å². The summed E-state index contributed by atoms with van der Waals surface area (Å²) in [5.41, 5.74) is 0.371. The highest BCUT2D eigenvalue weighted by Gasteiger charge is 2.41. The lowest BCUT2D eigenvalue weighted by Crippen LogP contribution is -2.55. The predicted molar refractivity (Wildman–Crippen MR) is 109 cm³/mol. The molecule has 0 unspecified atom stereocenters. The number of ketones is 1. The van der Waals surface area contributed by atoms with Gasteiger partial charge in [-0.15, -0.1) is 0 Å². The zero-order valence-electron chi connectivity index (χ0n) is 15.2. The molecular weight excluding hydrogens is 439 g/mol. The standard InChI is InChI=1S/C20H15Cl3N2O4/c1-11(19(28)12-2-5-14(21)6-3-12)24(25-17(26)8-9-18(25)27)20(29)13-4-7-15(22)16(23)10-13/h2-7,10-11H,8-9H2,1H3/t11-/m1/s1. The second-order valence-electron chi connectivity index (χ2n) is 6.43. The maximum absolute atomic E-state index is 13.2. The number of hydrogen-bond acceptors (Lipinski definition) is 4. The van der Waals surface area contributed by atoms with Crippen LogP contribution in [0, 0.1) is 0 Å². The molecule has 3 amide bonds. The Kier molecular flexibility index (Phi) is 6.27. The molecule has 3 rings (SSSR count). The van der Waals surface area contributed by atoms with Crippen LogP contribution < -0.4 is 0 Å². The van der Waals surface area contributed by atoms with E-state index < -0.39 is 29.5 Å². The van der Waals surface area contributed by atoms with E-state index in [-0.39, 0.29) is 34.0 Å². The maximum Gasteiger partial charge on any atom is 0.273 e. The maximum atomic E-state index is 13.2. The zero-order valence-corrected chi connectivity index (χ0v) is 17.5. The van der Waals surface area contributed by atoms with Crippen LogP contribution in [-0.2, 0) is 9.59 Å². The first-order chi connectivity index (χ1) is 13.7. The van der Waals surface area contributed by atoms with E-state index in [1.807, 2.05) is 0 Å². The molecule has 0 radical (unpaired) electrons. The van der Waals surface area contributed by atoms with Gasteiger partial charge in [-0.2, -0.15) is 5.01 Å². The largest absolute Gasteiger partial charge is 0.292 e. The Morgan fingerprint density at radius 2 is 1.45 bits per heavy atom. The number of hydrazine groups is 1. The molecule has 1 aliphatic rings. The number of rotatable bonds is 5. The molecule has 150 valence electrons. The summed E-state index contributed by atoms with van der Waals surface area (Å²) >= 11 is 17.8. The monoisotopic (exact) mass is 452 g/mol. The molecule has 2 aromatic carbocycles. The van der Waals surface area contributed by atoms with E-state index in [1.165, 1.54) is 37.3 Å². The molecule has 6 nitrogen and oxygen atoms in total. The van der Waals surface area contributed by atoms with Crippen molar-refractivity contribution in [1.29, 1.82) is 0 Å². The third kappa shape index (κ3) is 4.29. The second kappa shape index (κ2) is 8.53. The highest BCUT2D eigenvalue weighted by molar-refractivity contribution is 6.42. The Bertz CT molecular complexity index is 991. The molecule has 9 heteroatoms. The number of benzene rings is 2. The SMILES string of the molecule is C[C@H](C(=O)c1ccc(Cl)cc1)N(C(=O)c1ccc(Cl)c(Cl)c1)N1C(=O)CCC1=O. The van der Waals surface area contributed by atoms with Gasteiger partial charge in [0.25, 0.3) is 5.91 Å². The quantitative estimate of drug-likeness (QED) is 0.496. The van der Waals surface area contributed by atoms with Crippen LogP contribution >= 0.6 is 34.8 Å². The number of halogens is 3. The molecular formula is C20H15Cl3N2O4. The van der Waals surface area contributed by atoms with Crippen LogP contribution in [0.2, 0.25) is 15.1 Å². The van der Waals surface area contributed by atoms with E-state index in [0.717, 1.165) is 10.0 Å². The average Bonchev–Trinajstić information content (AvgIpc) is 3.02. The van der Waals surface area contributed by atoms with Crippen LogP contribution in [-0.4, -0.2) is 39.6 Å². The zero-order chi connectivity index (χ0) is 21.3. The molecule has 2 aromatic rings. The topological polar surface area (TPSA) is 74.8 Å². The summed E-state index contributed by atoms with van der Waals surface area (Å²) in [6.07, 6.45) is -0.0717. The second-order valence-corrected chi connectivity index (χ2v) is 7.68. The van der Waals surface area contributed by atoms with E-state index >= 15 is 0 Å². The van der Waals surface area contributed by atoms with Crippen molar-refractivity contribution in [2.75, 3.05) is 0 Å². The van der Waals surface area contributed by atoms with Crippen LogP contribution in [0.15, 0.2) is 42.5 Å². The fourth-order valence-electron chi connectivity index (χ4n) is 2.97. The third-order valence-electron chi connectivity index (χ3n) is 4.49. The summed E-state index contributed by atoms with van der Waals surface area (Å²) in [6, 6.07) is 9.13. The minimum absolute atomic E-state index is 0.0359. The van der Waals surface area contributed by atoms with Gasteiger partial charge >= 0.3 is 0 Å². The summed E-state index contributed by atoms with van der Waals surface area (Å²) in [5.74, 6) is -2.29. The number of hydrogen-bond donors (Lipinski definition) is 0. The molecule has 0 aromatic heterocycles. The van der Waals surface area contributed by atoms with Crippen molar-refractivity contribution in [2.45, 2.75) is 25.8 Å². The number of carbonyl (C=O) groups is 4. The van der Waals surface area contributed by atoms with Gasteiger partial charge in [-0.3, -0.25) is 19.2 Å². The summed E-state index contributed by atoms with van der Waals surface area (Å²) in [6.45, 7) is 1.45. The van der Waals surface area contributed by atoms with Crippen molar-refractivity contribution < 1.29 is 19.2 Å². The van der Waals surface area contributed by atoms with Gasteiger partial charge in [-0.1, -0.05) is 34.8 Å². The van der Waals surface area contributed by atoms with Gasteiger partial charge in [0.15, 0.2) is 5.78 Å². The number of amides is 3. The minimum Gasteiger partial charge on any atom is -0.292 e. The van der Waals surface area contributed by atoms with Crippen LogP contribution in [0.5, 0.6) is 0 Å². The van der Waals surface area contributed by atoms with Crippen molar-refractivity contribution in [3.05, 3.63) is 68.7 Å². The van der Waals surface area contributed by atoms with Gasteiger partial charge in [0.2, 0.25) is 11.8 Å². The summed E-state index contributed by atoms with van der Waals surface area (Å²) in [5, 5.41) is 2.45. The fraction of sp³-hybridized carbons (Fsp3) is 0.200. The van der Waals surface area contributed by atoms with Gasteiger partial charge in [0.1, 0.15) is 6.04 Å². The third-order valence-corrected chi connectivity index (χ3v) is 5.48. The smallest absolute Gasteiger partial charge is 0.273 e. The first-order valence-corrected chi connectivity index (χ1v) is 9.78. The Labute approximate surface area is 181 Å². The number of nitrogens with zero attached hydrogens (tertiary/aromatic N) is 2. The van der Waals surface area contributed by atoms with E-state index in [4.69, 9.17) is 34.8 Å². The van der Waals surface area contributed by atoms with Crippen molar-refractivity contribution in [3.63, 3.8) is 0 Å². The highest BCUT2D eigenvalue weighted by atomic mass is 35.5. The lowest BCUT2D eigenvalue weighted by Gasteiger charge is -2.34. The van der Waals surface area contributed by atoms with E-state index in [0.29, 0.717) is 5.02 Å². The van der Waals surface area contributed by atoms with Crippen LogP contribution in [0.3, 0.4) is 0 Å². The van der Waals surface area contributed by atoms with E-state index in [9.17, 15) is 19.2 Å². The normalized spacial score (nSPS) is 14.8. The van der Waals surface area contributed by atoms with Crippen molar-refractivity contribution in [2.24, 2.45) is 0 Å². The fourth-order valence-corrected chi connectivity index (χ4v) is 3.40. The minimum atomic E-state index is -1.14. The summed E-state index contributed by atoms with van der Waals surface area (Å²) < 4.78 is 0. The summed E-state index contributed by atoms with van der Waals surface area (Å²) in [7, 11) is 0. The van der Waals surface area contributed by atoms with E-state index in [2.05, 4.69) is 0 Å². The molecule has 1 atom stereocenters. The molecule has 1 aliphatic heterocycles. The Morgan fingerprint density at radius 1 is 0.897 bits per heavy atom. The average molecular weight is 454 g/mol. The molecule has 0 saturated carbocycles. The molecule has 1 fully saturated rings. The molecule has 1 heterocycles. The molecule has 1 saturated heterocycles. The lowest BCUT2D eigenvalue weighted by atomic mass is 10.0. The Hall–Kier alpha value is -2.41. The first kappa shape index (κ1) is 21.3.